The molecule has 2 nitrogen and oxygen atoms in total. The highest BCUT2D eigenvalue weighted by Gasteiger charge is 2.33. The van der Waals surface area contributed by atoms with Gasteiger partial charge < -0.3 is 10.1 Å². The molecular weight excluding hydrogens is 335 g/mol. The molecule has 0 saturated heterocycles. The van der Waals surface area contributed by atoms with Crippen molar-refractivity contribution in [3.8, 4) is 5.75 Å². The number of benzene rings is 1. The number of alkyl halides is 3. The minimum absolute atomic E-state index is 0.225. The third-order valence-electron chi connectivity index (χ3n) is 3.65. The Kier molecular flexibility index (Phi) is 4.52. The summed E-state index contributed by atoms with van der Waals surface area (Å²) in [7, 11) is 0. The zero-order valence-corrected chi connectivity index (χ0v) is 12.9. The van der Waals surface area contributed by atoms with Gasteiger partial charge in [0, 0.05) is 11.7 Å². The van der Waals surface area contributed by atoms with Crippen molar-refractivity contribution in [2.24, 2.45) is 11.8 Å². The van der Waals surface area contributed by atoms with Crippen molar-refractivity contribution in [3.63, 3.8) is 0 Å². The van der Waals surface area contributed by atoms with E-state index in [0.717, 1.165) is 24.4 Å². The number of halogens is 4. The third kappa shape index (κ3) is 4.04. The molecular formula is C14H17BrF3NO. The molecule has 1 N–H and O–H groups in total. The molecule has 0 atom stereocenters. The Morgan fingerprint density at radius 1 is 1.30 bits per heavy atom. The summed E-state index contributed by atoms with van der Waals surface area (Å²) in [5, 5.41) is 3.33. The van der Waals surface area contributed by atoms with Crippen molar-refractivity contribution in [2.75, 3.05) is 5.32 Å². The highest BCUT2D eigenvalue weighted by molar-refractivity contribution is 9.10. The number of hydrogen-bond donors (Lipinski definition) is 1. The van der Waals surface area contributed by atoms with Crippen LogP contribution in [0.15, 0.2) is 22.7 Å². The first kappa shape index (κ1) is 15.5. The van der Waals surface area contributed by atoms with Crippen molar-refractivity contribution < 1.29 is 17.9 Å². The minimum atomic E-state index is -4.67. The number of nitrogens with one attached hydrogen (secondary N) is 1. The maximum Gasteiger partial charge on any atom is 0.573 e. The van der Waals surface area contributed by atoms with Gasteiger partial charge in [-0.15, -0.1) is 13.2 Å². The highest BCUT2D eigenvalue weighted by Crippen LogP contribution is 2.37. The fraction of sp³-hybridized carbons (Fsp3) is 0.571. The molecule has 6 heteroatoms. The van der Waals surface area contributed by atoms with E-state index in [1.165, 1.54) is 6.07 Å². The normalized spacial score (nSPS) is 22.6. The lowest BCUT2D eigenvalue weighted by Crippen LogP contribution is -2.37. The van der Waals surface area contributed by atoms with Crippen LogP contribution in [0.1, 0.15) is 26.7 Å². The molecule has 0 heterocycles. The second-order valence-electron chi connectivity index (χ2n) is 5.51. The van der Waals surface area contributed by atoms with Gasteiger partial charge in [0.05, 0.1) is 4.47 Å². The van der Waals surface area contributed by atoms with Crippen LogP contribution in [-0.4, -0.2) is 12.4 Å². The largest absolute Gasteiger partial charge is 0.573 e. The fourth-order valence-corrected chi connectivity index (χ4v) is 2.82. The first-order valence-corrected chi connectivity index (χ1v) is 7.35. The van der Waals surface area contributed by atoms with Gasteiger partial charge in [0.1, 0.15) is 5.75 Å². The van der Waals surface area contributed by atoms with E-state index in [2.05, 4.69) is 39.8 Å². The number of anilines is 1. The van der Waals surface area contributed by atoms with E-state index in [1.807, 2.05) is 0 Å². The molecule has 1 saturated carbocycles. The molecule has 1 aromatic rings. The Bertz CT molecular complexity index is 470. The zero-order valence-electron chi connectivity index (χ0n) is 11.3. The molecule has 1 aliphatic rings. The zero-order chi connectivity index (χ0) is 14.9. The van der Waals surface area contributed by atoms with Crippen LogP contribution in [0, 0.1) is 11.8 Å². The third-order valence-corrected chi connectivity index (χ3v) is 4.27. The minimum Gasteiger partial charge on any atom is -0.405 e. The summed E-state index contributed by atoms with van der Waals surface area (Å²) in [4.78, 5) is 0. The summed E-state index contributed by atoms with van der Waals surface area (Å²) in [6, 6.07) is 4.94. The van der Waals surface area contributed by atoms with Crippen molar-refractivity contribution >= 4 is 21.6 Å². The average Bonchev–Trinajstić information content (AvgIpc) is 2.24. The van der Waals surface area contributed by atoms with E-state index in [-0.39, 0.29) is 5.75 Å². The van der Waals surface area contributed by atoms with E-state index in [1.54, 1.807) is 12.1 Å². The quantitative estimate of drug-likeness (QED) is 0.805. The van der Waals surface area contributed by atoms with Crippen molar-refractivity contribution in [1.29, 1.82) is 0 Å². The summed E-state index contributed by atoms with van der Waals surface area (Å²) >= 11 is 3.10. The second-order valence-corrected chi connectivity index (χ2v) is 6.36. The molecule has 0 unspecified atom stereocenters. The summed E-state index contributed by atoms with van der Waals surface area (Å²) in [5.74, 6) is 1.20. The second kappa shape index (κ2) is 5.84. The van der Waals surface area contributed by atoms with Crippen LogP contribution in [0.2, 0.25) is 0 Å². The lowest BCUT2D eigenvalue weighted by Gasteiger charge is -2.39. The molecule has 2 rings (SSSR count). The fourth-order valence-electron chi connectivity index (χ4n) is 2.36. The van der Waals surface area contributed by atoms with Gasteiger partial charge in [-0.1, -0.05) is 13.8 Å². The Balaban J connectivity index is 1.93. The first-order valence-electron chi connectivity index (χ1n) is 6.56. The Morgan fingerprint density at radius 3 is 2.45 bits per heavy atom. The Hall–Kier alpha value is -0.910. The average molecular weight is 352 g/mol. The number of rotatable bonds is 4. The van der Waals surface area contributed by atoms with Crippen molar-refractivity contribution in [1.82, 2.24) is 0 Å². The monoisotopic (exact) mass is 351 g/mol. The summed E-state index contributed by atoms with van der Waals surface area (Å²) in [6.45, 7) is 4.42. The van der Waals surface area contributed by atoms with Crippen LogP contribution >= 0.6 is 15.9 Å². The van der Waals surface area contributed by atoms with E-state index in [0.29, 0.717) is 16.4 Å². The molecule has 1 aliphatic carbocycles. The maximum absolute atomic E-state index is 12.2. The lowest BCUT2D eigenvalue weighted by molar-refractivity contribution is -0.274. The molecule has 0 spiro atoms. The molecule has 1 fully saturated rings. The predicted octanol–water partition coefficient (Wildman–Crippen LogP) is 5.19. The van der Waals surface area contributed by atoms with Crippen LogP contribution in [0.5, 0.6) is 5.75 Å². The predicted molar refractivity (Wildman–Crippen MR) is 75.8 cm³/mol. The molecule has 112 valence electrons. The van der Waals surface area contributed by atoms with E-state index < -0.39 is 6.36 Å². The number of ether oxygens (including phenoxy) is 1. The Labute approximate surface area is 124 Å². The lowest BCUT2D eigenvalue weighted by atomic mass is 9.73. The van der Waals surface area contributed by atoms with Gasteiger partial charge in [-0.2, -0.15) is 0 Å². The van der Waals surface area contributed by atoms with Crippen molar-refractivity contribution in [3.05, 3.63) is 22.7 Å². The van der Waals surface area contributed by atoms with Gasteiger partial charge in [-0.05, 0) is 58.8 Å². The molecule has 0 radical (unpaired) electrons. The summed E-state index contributed by atoms with van der Waals surface area (Å²) < 4.78 is 40.7. The van der Waals surface area contributed by atoms with E-state index in [4.69, 9.17) is 0 Å². The maximum atomic E-state index is 12.2. The topological polar surface area (TPSA) is 21.3 Å². The van der Waals surface area contributed by atoms with Gasteiger partial charge in [0.25, 0.3) is 0 Å². The van der Waals surface area contributed by atoms with Gasteiger partial charge in [-0.3, -0.25) is 0 Å². The van der Waals surface area contributed by atoms with Crippen LogP contribution in [0.25, 0.3) is 0 Å². The first-order chi connectivity index (χ1) is 9.24. The van der Waals surface area contributed by atoms with Gasteiger partial charge >= 0.3 is 6.36 Å². The molecule has 1 aromatic carbocycles. The summed E-state index contributed by atoms with van der Waals surface area (Å²) in [5.41, 5.74) is 0.804. The smallest absolute Gasteiger partial charge is 0.405 e. The van der Waals surface area contributed by atoms with Gasteiger partial charge in [-0.25, -0.2) is 0 Å². The van der Waals surface area contributed by atoms with Gasteiger partial charge in [0.15, 0.2) is 0 Å². The van der Waals surface area contributed by atoms with E-state index >= 15 is 0 Å². The van der Waals surface area contributed by atoms with Crippen LogP contribution in [0.3, 0.4) is 0 Å². The standard InChI is InChI=1S/C14H17BrF3NO/c1-8(2)9-5-11(6-9)19-10-3-4-13(12(15)7-10)20-14(16,17)18/h3-4,7-9,11,19H,5-6H2,1-2H3. The molecule has 0 amide bonds. The van der Waals surface area contributed by atoms with E-state index in [9.17, 15) is 13.2 Å². The Morgan fingerprint density at radius 2 is 1.95 bits per heavy atom. The SMILES string of the molecule is CC(C)C1CC(Nc2ccc(OC(F)(F)F)c(Br)c2)C1. The van der Waals surface area contributed by atoms with Crippen molar-refractivity contribution in [2.45, 2.75) is 39.1 Å². The van der Waals surface area contributed by atoms with Crippen LogP contribution in [0.4, 0.5) is 18.9 Å². The number of hydrogen-bond acceptors (Lipinski definition) is 2. The molecule has 0 bridgehead atoms. The molecule has 0 aromatic heterocycles. The summed E-state index contributed by atoms with van der Waals surface area (Å²) in [6.07, 6.45) is -2.46. The highest BCUT2D eigenvalue weighted by atomic mass is 79.9. The van der Waals surface area contributed by atoms with Gasteiger partial charge in [0.2, 0.25) is 0 Å². The van der Waals surface area contributed by atoms with Crippen LogP contribution < -0.4 is 10.1 Å². The molecule has 0 aliphatic heterocycles. The van der Waals surface area contributed by atoms with Crippen LogP contribution in [-0.2, 0) is 0 Å². The molecule has 20 heavy (non-hydrogen) atoms.